The van der Waals surface area contributed by atoms with E-state index in [4.69, 9.17) is 4.98 Å². The molecule has 2 heterocycles. The second kappa shape index (κ2) is 10.2. The maximum atomic E-state index is 14.0. The van der Waals surface area contributed by atoms with E-state index in [1.165, 1.54) is 16.0 Å². The van der Waals surface area contributed by atoms with E-state index in [1.54, 1.807) is 11.3 Å². The lowest BCUT2D eigenvalue weighted by atomic mass is 9.98. The van der Waals surface area contributed by atoms with Crippen molar-refractivity contribution in [3.05, 3.63) is 135 Å². The van der Waals surface area contributed by atoms with Crippen molar-refractivity contribution in [2.75, 3.05) is 0 Å². The van der Waals surface area contributed by atoms with Crippen LogP contribution < -0.4 is 5.56 Å². The van der Waals surface area contributed by atoms with Crippen molar-refractivity contribution in [1.29, 1.82) is 0 Å². The van der Waals surface area contributed by atoms with Gasteiger partial charge in [-0.05, 0) is 55.5 Å². The summed E-state index contributed by atoms with van der Waals surface area (Å²) in [4.78, 5) is 21.3. The Labute approximate surface area is 210 Å². The van der Waals surface area contributed by atoms with Crippen LogP contribution in [0.15, 0.2) is 102 Å². The zero-order valence-electron chi connectivity index (χ0n) is 20.1. The third-order valence-electron chi connectivity index (χ3n) is 6.30. The van der Waals surface area contributed by atoms with Crippen LogP contribution in [0.2, 0.25) is 0 Å². The molecular weight excluding hydrogens is 448 g/mol. The Hall–Kier alpha value is -3.76. The van der Waals surface area contributed by atoms with Gasteiger partial charge >= 0.3 is 0 Å². The molecule has 5 aromatic rings. The molecule has 0 spiro atoms. The third-order valence-corrected chi connectivity index (χ3v) is 7.32. The molecule has 0 bridgehead atoms. The fourth-order valence-electron chi connectivity index (χ4n) is 4.52. The van der Waals surface area contributed by atoms with Crippen LogP contribution in [0.4, 0.5) is 0 Å². The van der Waals surface area contributed by atoms with E-state index in [1.807, 2.05) is 47.9 Å². The Morgan fingerprint density at radius 1 is 0.771 bits per heavy atom. The molecule has 3 nitrogen and oxygen atoms in total. The quantitative estimate of drug-likeness (QED) is 0.251. The second-order valence-corrected chi connectivity index (χ2v) is 10.1. The van der Waals surface area contributed by atoms with Gasteiger partial charge in [0.15, 0.2) is 0 Å². The number of aryl methyl sites for hydroxylation is 3. The van der Waals surface area contributed by atoms with E-state index in [0.29, 0.717) is 12.1 Å². The molecular formula is C31H28N2OS. The molecule has 0 saturated heterocycles. The van der Waals surface area contributed by atoms with E-state index >= 15 is 0 Å². The van der Waals surface area contributed by atoms with Crippen molar-refractivity contribution in [1.82, 2.24) is 9.55 Å². The summed E-state index contributed by atoms with van der Waals surface area (Å²) in [6, 6.07) is 33.2. The van der Waals surface area contributed by atoms with Gasteiger partial charge < -0.3 is 0 Å². The molecule has 0 fully saturated rings. The van der Waals surface area contributed by atoms with E-state index < -0.39 is 0 Å². The minimum atomic E-state index is 0.0276. The van der Waals surface area contributed by atoms with Gasteiger partial charge in [-0.15, -0.1) is 11.3 Å². The molecule has 0 atom stereocenters. The lowest BCUT2D eigenvalue weighted by Gasteiger charge is -2.18. The van der Waals surface area contributed by atoms with Gasteiger partial charge in [-0.3, -0.25) is 9.36 Å². The molecule has 4 heteroatoms. The zero-order valence-corrected chi connectivity index (χ0v) is 20.9. The monoisotopic (exact) mass is 476 g/mol. The fourth-order valence-corrected chi connectivity index (χ4v) is 5.48. The van der Waals surface area contributed by atoms with Crippen molar-refractivity contribution in [2.24, 2.45) is 0 Å². The van der Waals surface area contributed by atoms with Gasteiger partial charge in [-0.25, -0.2) is 4.98 Å². The van der Waals surface area contributed by atoms with Crippen LogP contribution in [0.5, 0.6) is 0 Å². The van der Waals surface area contributed by atoms with Gasteiger partial charge in [0.1, 0.15) is 5.82 Å². The topological polar surface area (TPSA) is 34.9 Å². The van der Waals surface area contributed by atoms with Crippen LogP contribution in [0.3, 0.4) is 0 Å². The molecule has 3 aromatic carbocycles. The predicted octanol–water partition coefficient (Wildman–Crippen LogP) is 7.09. The average Bonchev–Trinajstić information content (AvgIpc) is 3.30. The van der Waals surface area contributed by atoms with Gasteiger partial charge in [0.2, 0.25) is 0 Å². The fraction of sp³-hybridized carbons (Fsp3) is 0.161. The molecule has 0 N–H and O–H groups in total. The van der Waals surface area contributed by atoms with E-state index in [-0.39, 0.29) is 5.56 Å². The largest absolute Gasteiger partial charge is 0.292 e. The number of benzene rings is 3. The summed E-state index contributed by atoms with van der Waals surface area (Å²) in [5, 5.41) is 0. The molecule has 0 saturated carbocycles. The molecule has 174 valence electrons. The summed E-state index contributed by atoms with van der Waals surface area (Å²) >= 11 is 1.65. The number of thiophene rings is 1. The van der Waals surface area contributed by atoms with Crippen LogP contribution in [-0.4, -0.2) is 9.55 Å². The lowest BCUT2D eigenvalue weighted by Crippen LogP contribution is -2.27. The Balaban J connectivity index is 1.65. The first-order valence-corrected chi connectivity index (χ1v) is 12.8. The highest BCUT2D eigenvalue weighted by Gasteiger charge is 2.20. The lowest BCUT2D eigenvalue weighted by molar-refractivity contribution is 0.662. The number of rotatable bonds is 7. The smallest absolute Gasteiger partial charge is 0.262 e. The molecule has 35 heavy (non-hydrogen) atoms. The first-order chi connectivity index (χ1) is 17.1. The Bertz CT molecular complexity index is 1500. The van der Waals surface area contributed by atoms with Crippen molar-refractivity contribution in [3.63, 3.8) is 0 Å². The van der Waals surface area contributed by atoms with Crippen LogP contribution in [-0.2, 0) is 19.4 Å². The van der Waals surface area contributed by atoms with Gasteiger partial charge in [0, 0.05) is 21.9 Å². The maximum absolute atomic E-state index is 14.0. The summed E-state index contributed by atoms with van der Waals surface area (Å²) in [5.41, 5.74) is 6.13. The van der Waals surface area contributed by atoms with Crippen LogP contribution >= 0.6 is 11.3 Å². The van der Waals surface area contributed by atoms with Gasteiger partial charge in [0.25, 0.3) is 5.56 Å². The van der Waals surface area contributed by atoms with E-state index in [0.717, 1.165) is 40.4 Å². The molecule has 0 aliphatic carbocycles. The van der Waals surface area contributed by atoms with E-state index in [9.17, 15) is 4.79 Å². The van der Waals surface area contributed by atoms with Crippen LogP contribution in [0.1, 0.15) is 27.3 Å². The molecule has 0 unspecified atom stereocenters. The SMILES string of the molecule is Cc1ccc(-c2c(C)nc(-c3ccccc3Cc3ccccc3)n(CCc3ccccc3)c2=O)s1. The Kier molecular flexibility index (Phi) is 6.73. The van der Waals surface area contributed by atoms with Gasteiger partial charge in [0.05, 0.1) is 11.3 Å². The molecule has 0 aliphatic rings. The minimum Gasteiger partial charge on any atom is -0.292 e. The number of aromatic nitrogens is 2. The first kappa shape index (κ1) is 23.0. The van der Waals surface area contributed by atoms with Gasteiger partial charge in [-0.2, -0.15) is 0 Å². The van der Waals surface area contributed by atoms with Crippen molar-refractivity contribution >= 4 is 11.3 Å². The molecule has 0 amide bonds. The number of hydrogen-bond donors (Lipinski definition) is 0. The third kappa shape index (κ3) is 5.03. The van der Waals surface area contributed by atoms with Crippen LogP contribution in [0.25, 0.3) is 21.8 Å². The van der Waals surface area contributed by atoms with Crippen molar-refractivity contribution < 1.29 is 0 Å². The number of nitrogens with zero attached hydrogens (tertiary/aromatic N) is 2. The normalized spacial score (nSPS) is 11.0. The predicted molar refractivity (Wildman–Crippen MR) is 146 cm³/mol. The summed E-state index contributed by atoms with van der Waals surface area (Å²) in [5.74, 6) is 0.743. The maximum Gasteiger partial charge on any atom is 0.262 e. The highest BCUT2D eigenvalue weighted by atomic mass is 32.1. The Morgan fingerprint density at radius 3 is 2.11 bits per heavy atom. The highest BCUT2D eigenvalue weighted by Crippen LogP contribution is 2.30. The Morgan fingerprint density at radius 2 is 1.43 bits per heavy atom. The summed E-state index contributed by atoms with van der Waals surface area (Å²) in [6.45, 7) is 4.60. The second-order valence-electron chi connectivity index (χ2n) is 8.82. The molecule has 5 rings (SSSR count). The first-order valence-electron chi connectivity index (χ1n) is 11.9. The van der Waals surface area contributed by atoms with E-state index in [2.05, 4.69) is 67.6 Å². The standard InChI is InChI=1S/C31H28N2OS/c1-22-17-18-28(35-22)29-23(2)32-30(33(31(29)34)20-19-24-11-5-3-6-12-24)27-16-10-9-15-26(27)21-25-13-7-4-8-14-25/h3-18H,19-21H2,1-2H3. The summed E-state index contributed by atoms with van der Waals surface area (Å²) in [7, 11) is 0. The van der Waals surface area contributed by atoms with Crippen molar-refractivity contribution in [2.45, 2.75) is 33.2 Å². The molecule has 0 aliphatic heterocycles. The summed E-state index contributed by atoms with van der Waals surface area (Å²) in [6.07, 6.45) is 1.55. The minimum absolute atomic E-state index is 0.0276. The average molecular weight is 477 g/mol. The van der Waals surface area contributed by atoms with Gasteiger partial charge in [-0.1, -0.05) is 84.9 Å². The molecule has 2 aromatic heterocycles. The zero-order chi connectivity index (χ0) is 24.2. The summed E-state index contributed by atoms with van der Waals surface area (Å²) < 4.78 is 1.88. The molecule has 0 radical (unpaired) electrons. The van der Waals surface area contributed by atoms with Crippen LogP contribution in [0, 0.1) is 13.8 Å². The van der Waals surface area contributed by atoms with Crippen molar-refractivity contribution in [3.8, 4) is 21.8 Å². The number of hydrogen-bond acceptors (Lipinski definition) is 3. The highest BCUT2D eigenvalue weighted by molar-refractivity contribution is 7.15.